The zero-order chi connectivity index (χ0) is 14.7. The molecule has 0 aliphatic carbocycles. The lowest BCUT2D eigenvalue weighted by molar-refractivity contribution is 0.316. The zero-order valence-corrected chi connectivity index (χ0v) is 13.1. The lowest BCUT2D eigenvalue weighted by atomic mass is 10.0. The van der Waals surface area contributed by atoms with E-state index in [2.05, 4.69) is 33.4 Å². The van der Waals surface area contributed by atoms with E-state index in [0.29, 0.717) is 5.56 Å². The molecule has 0 fully saturated rings. The molecule has 4 heteroatoms. The molecule has 0 amide bonds. The van der Waals surface area contributed by atoms with Crippen molar-refractivity contribution in [1.29, 1.82) is 5.26 Å². The summed E-state index contributed by atoms with van der Waals surface area (Å²) in [7, 11) is 0. The summed E-state index contributed by atoms with van der Waals surface area (Å²) in [5.41, 5.74) is 2.88. The molecule has 21 heavy (non-hydrogen) atoms. The van der Waals surface area contributed by atoms with Gasteiger partial charge in [-0.1, -0.05) is 22.0 Å². The van der Waals surface area contributed by atoms with Crippen molar-refractivity contribution in [2.45, 2.75) is 18.9 Å². The minimum Gasteiger partial charge on any atom is -0.493 e. The van der Waals surface area contributed by atoms with Gasteiger partial charge in [-0.3, -0.25) is 0 Å². The molecule has 1 aliphatic rings. The summed E-state index contributed by atoms with van der Waals surface area (Å²) in [4.78, 5) is 0. The summed E-state index contributed by atoms with van der Waals surface area (Å²) in [5.74, 6) is 0.938. The summed E-state index contributed by atoms with van der Waals surface area (Å²) < 4.78 is 6.85. The quantitative estimate of drug-likeness (QED) is 0.864. The van der Waals surface area contributed by atoms with E-state index in [-0.39, 0.29) is 6.04 Å². The van der Waals surface area contributed by atoms with Crippen LogP contribution in [0.1, 0.15) is 30.0 Å². The second kappa shape index (κ2) is 6.19. The third-order valence-electron chi connectivity index (χ3n) is 3.60. The van der Waals surface area contributed by atoms with Crippen LogP contribution in [0, 0.1) is 11.3 Å². The molecule has 1 aliphatic heterocycles. The topological polar surface area (TPSA) is 45.0 Å². The maximum atomic E-state index is 8.85. The van der Waals surface area contributed by atoms with E-state index >= 15 is 0 Å². The molecule has 3 nitrogen and oxygen atoms in total. The van der Waals surface area contributed by atoms with Gasteiger partial charge in [0.05, 0.1) is 24.3 Å². The van der Waals surface area contributed by atoms with E-state index in [1.165, 1.54) is 5.56 Å². The molecule has 3 rings (SSSR count). The highest BCUT2D eigenvalue weighted by Gasteiger charge is 2.19. The number of anilines is 1. The first-order valence-electron chi connectivity index (χ1n) is 6.95. The fourth-order valence-electron chi connectivity index (χ4n) is 2.54. The van der Waals surface area contributed by atoms with Gasteiger partial charge in [-0.25, -0.2) is 0 Å². The average molecular weight is 343 g/mol. The van der Waals surface area contributed by atoms with Crippen LogP contribution in [-0.4, -0.2) is 6.61 Å². The molecule has 0 saturated heterocycles. The van der Waals surface area contributed by atoms with E-state index in [1.54, 1.807) is 0 Å². The molecule has 1 heterocycles. The van der Waals surface area contributed by atoms with E-state index < -0.39 is 0 Å². The van der Waals surface area contributed by atoms with Crippen LogP contribution in [0.3, 0.4) is 0 Å². The first kappa shape index (κ1) is 14.0. The Bertz CT molecular complexity index is 676. The van der Waals surface area contributed by atoms with Crippen molar-refractivity contribution in [3.63, 3.8) is 0 Å². The van der Waals surface area contributed by atoms with Gasteiger partial charge < -0.3 is 10.1 Å². The SMILES string of the molecule is N#Cc1ccc(NC2CCCOc3cc(Br)ccc32)cc1. The highest BCUT2D eigenvalue weighted by molar-refractivity contribution is 9.10. The van der Waals surface area contributed by atoms with Crippen LogP contribution in [0.4, 0.5) is 5.69 Å². The number of ether oxygens (including phenoxy) is 1. The Morgan fingerprint density at radius 2 is 2.00 bits per heavy atom. The zero-order valence-electron chi connectivity index (χ0n) is 11.5. The number of nitriles is 1. The van der Waals surface area contributed by atoms with Crippen LogP contribution >= 0.6 is 15.9 Å². The number of hydrogen-bond acceptors (Lipinski definition) is 3. The Morgan fingerprint density at radius 1 is 1.19 bits per heavy atom. The minimum absolute atomic E-state index is 0.225. The van der Waals surface area contributed by atoms with Crippen molar-refractivity contribution in [2.75, 3.05) is 11.9 Å². The number of benzene rings is 2. The van der Waals surface area contributed by atoms with Gasteiger partial charge in [0.15, 0.2) is 0 Å². The first-order chi connectivity index (χ1) is 10.3. The fourth-order valence-corrected chi connectivity index (χ4v) is 2.88. The fraction of sp³-hybridized carbons (Fsp3) is 0.235. The lowest BCUT2D eigenvalue weighted by Gasteiger charge is -2.19. The Morgan fingerprint density at radius 3 is 2.76 bits per heavy atom. The first-order valence-corrected chi connectivity index (χ1v) is 7.74. The highest BCUT2D eigenvalue weighted by atomic mass is 79.9. The maximum Gasteiger partial charge on any atom is 0.125 e. The van der Waals surface area contributed by atoms with E-state index in [1.807, 2.05) is 36.4 Å². The van der Waals surface area contributed by atoms with Gasteiger partial charge in [0.2, 0.25) is 0 Å². The number of nitrogens with zero attached hydrogens (tertiary/aromatic N) is 1. The summed E-state index contributed by atoms with van der Waals surface area (Å²) in [5, 5.41) is 12.4. The van der Waals surface area contributed by atoms with E-state index in [4.69, 9.17) is 10.00 Å². The second-order valence-electron chi connectivity index (χ2n) is 5.06. The van der Waals surface area contributed by atoms with E-state index in [0.717, 1.165) is 35.4 Å². The Kier molecular flexibility index (Phi) is 4.12. The summed E-state index contributed by atoms with van der Waals surface area (Å²) in [6.45, 7) is 0.745. The van der Waals surface area contributed by atoms with Crippen molar-refractivity contribution in [3.8, 4) is 11.8 Å². The van der Waals surface area contributed by atoms with E-state index in [9.17, 15) is 0 Å². The van der Waals surface area contributed by atoms with Crippen molar-refractivity contribution in [2.24, 2.45) is 0 Å². The molecule has 1 N–H and O–H groups in total. The predicted octanol–water partition coefficient (Wildman–Crippen LogP) is 4.65. The van der Waals surface area contributed by atoms with Crippen molar-refractivity contribution < 1.29 is 4.74 Å². The Labute approximate surface area is 132 Å². The molecule has 0 bridgehead atoms. The average Bonchev–Trinajstić information content (AvgIpc) is 2.70. The molecule has 2 aromatic rings. The number of hydrogen-bond donors (Lipinski definition) is 1. The van der Waals surface area contributed by atoms with Gasteiger partial charge >= 0.3 is 0 Å². The largest absolute Gasteiger partial charge is 0.493 e. The number of rotatable bonds is 2. The molecule has 0 radical (unpaired) electrons. The molecule has 2 aromatic carbocycles. The molecule has 0 saturated carbocycles. The number of fused-ring (bicyclic) bond motifs is 1. The van der Waals surface area contributed by atoms with Gasteiger partial charge in [-0.2, -0.15) is 5.26 Å². The van der Waals surface area contributed by atoms with Crippen LogP contribution in [0.2, 0.25) is 0 Å². The predicted molar refractivity (Wildman–Crippen MR) is 86.4 cm³/mol. The third kappa shape index (κ3) is 3.20. The van der Waals surface area contributed by atoms with Gasteiger partial charge in [0, 0.05) is 15.7 Å². The highest BCUT2D eigenvalue weighted by Crippen LogP contribution is 2.35. The second-order valence-corrected chi connectivity index (χ2v) is 5.97. The van der Waals surface area contributed by atoms with Crippen molar-refractivity contribution >= 4 is 21.6 Å². The molecule has 0 spiro atoms. The van der Waals surface area contributed by atoms with Gasteiger partial charge in [-0.15, -0.1) is 0 Å². The smallest absolute Gasteiger partial charge is 0.125 e. The normalized spacial score (nSPS) is 17.0. The Balaban J connectivity index is 1.86. The summed E-state index contributed by atoms with van der Waals surface area (Å²) in [6.07, 6.45) is 2.04. The summed E-state index contributed by atoms with van der Waals surface area (Å²) in [6, 6.07) is 16.1. The monoisotopic (exact) mass is 342 g/mol. The lowest BCUT2D eigenvalue weighted by Crippen LogP contribution is -2.10. The number of halogens is 1. The van der Waals surface area contributed by atoms with Crippen molar-refractivity contribution in [1.82, 2.24) is 0 Å². The van der Waals surface area contributed by atoms with Gasteiger partial charge in [0.1, 0.15) is 5.75 Å². The standard InChI is InChI=1S/C17H15BrN2O/c18-13-5-8-15-16(2-1-9-21-17(15)10-13)20-14-6-3-12(11-19)4-7-14/h3-8,10,16,20H,1-2,9H2. The van der Waals surface area contributed by atoms with Crippen LogP contribution in [0.25, 0.3) is 0 Å². The van der Waals surface area contributed by atoms with Crippen molar-refractivity contribution in [3.05, 3.63) is 58.1 Å². The molecule has 1 atom stereocenters. The summed E-state index contributed by atoms with van der Waals surface area (Å²) >= 11 is 3.49. The van der Waals surface area contributed by atoms with Gasteiger partial charge in [0.25, 0.3) is 0 Å². The molecule has 1 unspecified atom stereocenters. The minimum atomic E-state index is 0.225. The maximum absolute atomic E-state index is 8.85. The Hall–Kier alpha value is -1.99. The van der Waals surface area contributed by atoms with Crippen LogP contribution in [0.15, 0.2) is 46.9 Å². The molecule has 0 aromatic heterocycles. The van der Waals surface area contributed by atoms with Crippen LogP contribution in [-0.2, 0) is 0 Å². The van der Waals surface area contributed by atoms with Crippen LogP contribution < -0.4 is 10.1 Å². The molecule has 106 valence electrons. The number of nitrogens with one attached hydrogen (secondary N) is 1. The van der Waals surface area contributed by atoms with Crippen LogP contribution in [0.5, 0.6) is 5.75 Å². The molecular formula is C17H15BrN2O. The molecular weight excluding hydrogens is 328 g/mol. The third-order valence-corrected chi connectivity index (χ3v) is 4.09. The van der Waals surface area contributed by atoms with Gasteiger partial charge in [-0.05, 0) is 49.2 Å².